The number of hydrogen-bond donors (Lipinski definition) is 2. The van der Waals surface area contributed by atoms with Crippen LogP contribution in [0.3, 0.4) is 0 Å². The van der Waals surface area contributed by atoms with Gasteiger partial charge in [0.05, 0.1) is 11.9 Å². The number of carbonyl (C=O) groups is 1. The summed E-state index contributed by atoms with van der Waals surface area (Å²) in [6.45, 7) is 2.96. The molecule has 0 saturated carbocycles. The highest BCUT2D eigenvalue weighted by atomic mass is 32.2. The largest absolute Gasteiger partial charge is 0.478 e. The van der Waals surface area contributed by atoms with E-state index in [9.17, 15) is 27.1 Å². The van der Waals surface area contributed by atoms with Gasteiger partial charge in [0.15, 0.2) is 0 Å². The number of halogens is 2. The number of nitrogens with zero attached hydrogens (tertiary/aromatic N) is 2. The highest BCUT2D eigenvalue weighted by molar-refractivity contribution is 7.92. The Kier molecular flexibility index (Phi) is 7.59. The van der Waals surface area contributed by atoms with E-state index in [0.29, 0.717) is 25.2 Å². The second-order valence-electron chi connectivity index (χ2n) is 7.34. The molecule has 0 atom stereocenters. The topological polar surface area (TPSA) is 99.6 Å². The number of hydrogen-bond acceptors (Lipinski definition) is 5. The van der Waals surface area contributed by atoms with Gasteiger partial charge in [-0.2, -0.15) is 0 Å². The zero-order valence-corrected chi connectivity index (χ0v) is 18.6. The fourth-order valence-corrected chi connectivity index (χ4v) is 4.35. The molecule has 1 aromatic heterocycles. The van der Waals surface area contributed by atoms with E-state index in [4.69, 9.17) is 0 Å². The summed E-state index contributed by atoms with van der Waals surface area (Å²) < 4.78 is 54.6. The Morgan fingerprint density at radius 1 is 1.12 bits per heavy atom. The maximum Gasteiger partial charge on any atom is 0.339 e. The highest BCUT2D eigenvalue weighted by Crippen LogP contribution is 2.26. The summed E-state index contributed by atoms with van der Waals surface area (Å²) in [4.78, 5) is 17.1. The van der Waals surface area contributed by atoms with Crippen molar-refractivity contribution in [2.75, 3.05) is 16.2 Å². The maximum atomic E-state index is 14.0. The van der Waals surface area contributed by atoms with E-state index in [2.05, 4.69) is 9.71 Å². The molecule has 2 aromatic carbocycles. The summed E-state index contributed by atoms with van der Waals surface area (Å²) >= 11 is 0. The average molecular weight is 476 g/mol. The van der Waals surface area contributed by atoms with Gasteiger partial charge in [-0.15, -0.1) is 0 Å². The van der Waals surface area contributed by atoms with Crippen LogP contribution in [0.15, 0.2) is 65.7 Å². The summed E-state index contributed by atoms with van der Waals surface area (Å²) in [6.07, 6.45) is 2.83. The van der Waals surface area contributed by atoms with Gasteiger partial charge >= 0.3 is 5.97 Å². The van der Waals surface area contributed by atoms with Crippen molar-refractivity contribution in [2.45, 2.75) is 31.2 Å². The molecular formula is C23H23F2N3O4S. The van der Waals surface area contributed by atoms with Gasteiger partial charge < -0.3 is 10.0 Å². The second kappa shape index (κ2) is 10.4. The first-order chi connectivity index (χ1) is 15.7. The standard InChI is InChI=1S/C23H23F2N3O4S/c1-2-3-11-28(15-16-7-5-4-6-8-16)22-19(23(29)30)13-18(14-26-22)27-33(31,32)21-12-17(24)9-10-20(21)25/h4-10,12-14,27H,2-3,11,15H2,1H3,(H,29,30). The second-order valence-corrected chi connectivity index (χ2v) is 8.99. The number of sulfonamides is 1. The number of aromatic nitrogens is 1. The minimum atomic E-state index is -4.52. The minimum absolute atomic E-state index is 0.180. The van der Waals surface area contributed by atoms with Gasteiger partial charge in [0, 0.05) is 13.1 Å². The average Bonchev–Trinajstić information content (AvgIpc) is 2.78. The molecule has 0 aliphatic carbocycles. The zero-order chi connectivity index (χ0) is 24.0. The van der Waals surface area contributed by atoms with Crippen LogP contribution in [-0.4, -0.2) is 31.0 Å². The number of nitrogens with one attached hydrogen (secondary N) is 1. The number of unbranched alkanes of at least 4 members (excludes halogenated alkanes) is 1. The third-order valence-electron chi connectivity index (χ3n) is 4.83. The van der Waals surface area contributed by atoms with E-state index >= 15 is 0 Å². The molecular weight excluding hydrogens is 452 g/mol. The molecule has 1 heterocycles. The van der Waals surface area contributed by atoms with Crippen molar-refractivity contribution in [2.24, 2.45) is 0 Å². The Hall–Kier alpha value is -3.53. The van der Waals surface area contributed by atoms with Crippen molar-refractivity contribution in [3.63, 3.8) is 0 Å². The molecule has 10 heteroatoms. The van der Waals surface area contributed by atoms with E-state index in [-0.39, 0.29) is 17.1 Å². The molecule has 3 rings (SSSR count). The van der Waals surface area contributed by atoms with Crippen LogP contribution in [0.25, 0.3) is 0 Å². The lowest BCUT2D eigenvalue weighted by atomic mass is 10.1. The maximum absolute atomic E-state index is 14.0. The van der Waals surface area contributed by atoms with Crippen molar-refractivity contribution in [1.29, 1.82) is 0 Å². The predicted molar refractivity (Wildman–Crippen MR) is 121 cm³/mol. The minimum Gasteiger partial charge on any atom is -0.478 e. The molecule has 0 aliphatic heterocycles. The van der Waals surface area contributed by atoms with E-state index < -0.39 is 32.5 Å². The Balaban J connectivity index is 1.96. The summed E-state index contributed by atoms with van der Waals surface area (Å²) in [7, 11) is -4.52. The fraction of sp³-hybridized carbons (Fsp3) is 0.217. The van der Waals surface area contributed by atoms with Gasteiger partial charge in [-0.1, -0.05) is 43.7 Å². The number of pyridine rings is 1. The third kappa shape index (κ3) is 6.04. The molecule has 2 N–H and O–H groups in total. The predicted octanol–water partition coefficient (Wildman–Crippen LogP) is 4.67. The monoisotopic (exact) mass is 475 g/mol. The van der Waals surface area contributed by atoms with Gasteiger partial charge in [-0.05, 0) is 36.2 Å². The SMILES string of the molecule is CCCCN(Cc1ccccc1)c1ncc(NS(=O)(=O)c2cc(F)ccc2F)cc1C(=O)O. The van der Waals surface area contributed by atoms with Gasteiger partial charge in [0.1, 0.15) is 27.9 Å². The first kappa shape index (κ1) is 24.1. The lowest BCUT2D eigenvalue weighted by Gasteiger charge is -2.25. The molecule has 174 valence electrons. The van der Waals surface area contributed by atoms with Crippen LogP contribution in [0.2, 0.25) is 0 Å². The van der Waals surface area contributed by atoms with Crippen molar-refractivity contribution in [3.05, 3.63) is 83.6 Å². The number of carboxylic acids is 1. The number of aromatic carboxylic acids is 1. The third-order valence-corrected chi connectivity index (χ3v) is 6.23. The van der Waals surface area contributed by atoms with E-state index in [1.54, 1.807) is 0 Å². The first-order valence-corrected chi connectivity index (χ1v) is 11.7. The molecule has 0 unspecified atom stereocenters. The molecule has 0 amide bonds. The van der Waals surface area contributed by atoms with Crippen molar-refractivity contribution in [1.82, 2.24) is 4.98 Å². The normalized spacial score (nSPS) is 11.2. The molecule has 0 saturated heterocycles. The Morgan fingerprint density at radius 2 is 1.85 bits per heavy atom. The van der Waals surface area contributed by atoms with Gasteiger partial charge in [-0.25, -0.2) is 27.0 Å². The fourth-order valence-electron chi connectivity index (χ4n) is 3.23. The summed E-state index contributed by atoms with van der Waals surface area (Å²) in [5.41, 5.74) is 0.551. The number of carboxylic acid groups (broad SMARTS) is 1. The van der Waals surface area contributed by atoms with Crippen molar-refractivity contribution < 1.29 is 27.1 Å². The first-order valence-electron chi connectivity index (χ1n) is 10.2. The summed E-state index contributed by atoms with van der Waals surface area (Å²) in [5, 5.41) is 9.77. The van der Waals surface area contributed by atoms with Crippen molar-refractivity contribution in [3.8, 4) is 0 Å². The molecule has 3 aromatic rings. The lowest BCUT2D eigenvalue weighted by Crippen LogP contribution is -2.27. The van der Waals surface area contributed by atoms with E-state index in [0.717, 1.165) is 36.7 Å². The van der Waals surface area contributed by atoms with Crippen LogP contribution in [0.5, 0.6) is 0 Å². The highest BCUT2D eigenvalue weighted by Gasteiger charge is 2.23. The van der Waals surface area contributed by atoms with Crippen LogP contribution in [0.1, 0.15) is 35.7 Å². The van der Waals surface area contributed by atoms with Gasteiger partial charge in [0.2, 0.25) is 0 Å². The quantitative estimate of drug-likeness (QED) is 0.442. The molecule has 33 heavy (non-hydrogen) atoms. The van der Waals surface area contributed by atoms with Crippen LogP contribution in [0.4, 0.5) is 20.3 Å². The van der Waals surface area contributed by atoms with Crippen molar-refractivity contribution >= 4 is 27.5 Å². The summed E-state index contributed by atoms with van der Waals surface area (Å²) in [6, 6.07) is 12.6. The molecule has 0 spiro atoms. The van der Waals surface area contributed by atoms with Gasteiger partial charge in [-0.3, -0.25) is 4.72 Å². The lowest BCUT2D eigenvalue weighted by molar-refractivity contribution is 0.0697. The van der Waals surface area contributed by atoms with Crippen LogP contribution >= 0.6 is 0 Å². The smallest absolute Gasteiger partial charge is 0.339 e. The van der Waals surface area contributed by atoms with Crippen LogP contribution < -0.4 is 9.62 Å². The Labute approximate surface area is 190 Å². The number of benzene rings is 2. The van der Waals surface area contributed by atoms with E-state index in [1.807, 2.05) is 42.2 Å². The number of rotatable bonds is 10. The zero-order valence-electron chi connectivity index (χ0n) is 17.8. The molecule has 0 aliphatic rings. The molecule has 0 fully saturated rings. The molecule has 0 radical (unpaired) electrons. The van der Waals surface area contributed by atoms with Crippen LogP contribution in [-0.2, 0) is 16.6 Å². The van der Waals surface area contributed by atoms with Crippen LogP contribution in [0, 0.1) is 11.6 Å². The Morgan fingerprint density at radius 3 is 2.52 bits per heavy atom. The summed E-state index contributed by atoms with van der Waals surface area (Å²) in [5.74, 6) is -3.19. The van der Waals surface area contributed by atoms with Gasteiger partial charge in [0.25, 0.3) is 10.0 Å². The van der Waals surface area contributed by atoms with E-state index in [1.165, 1.54) is 0 Å². The Bertz CT molecular complexity index is 1240. The molecule has 7 nitrogen and oxygen atoms in total. The molecule has 0 bridgehead atoms. The number of anilines is 2.